The summed E-state index contributed by atoms with van der Waals surface area (Å²) in [5, 5.41) is 12.8. The quantitative estimate of drug-likeness (QED) is 0.802. The number of phenols is 1. The van der Waals surface area contributed by atoms with Crippen LogP contribution in [0.4, 0.5) is 4.39 Å². The van der Waals surface area contributed by atoms with Crippen molar-refractivity contribution in [1.82, 2.24) is 5.32 Å². The lowest BCUT2D eigenvalue weighted by Gasteiger charge is -2.17. The zero-order chi connectivity index (χ0) is 11.4. The van der Waals surface area contributed by atoms with Gasteiger partial charge in [0.05, 0.1) is 0 Å². The molecule has 0 aromatic heterocycles. The lowest BCUT2D eigenvalue weighted by molar-refractivity contribution is 0.439. The molecule has 0 amide bonds. The van der Waals surface area contributed by atoms with E-state index in [2.05, 4.69) is 19.2 Å². The van der Waals surface area contributed by atoms with Crippen molar-refractivity contribution in [3.05, 3.63) is 29.6 Å². The Hall–Kier alpha value is -1.09. The van der Waals surface area contributed by atoms with Crippen molar-refractivity contribution >= 4 is 0 Å². The summed E-state index contributed by atoms with van der Waals surface area (Å²) in [6.07, 6.45) is 0. The van der Waals surface area contributed by atoms with Crippen LogP contribution in [0, 0.1) is 11.7 Å². The molecular formula is C12H18FNO. The molecule has 0 saturated heterocycles. The van der Waals surface area contributed by atoms with E-state index < -0.39 is 0 Å². The molecule has 0 heterocycles. The van der Waals surface area contributed by atoms with Crippen LogP contribution in [-0.4, -0.2) is 11.7 Å². The van der Waals surface area contributed by atoms with Crippen LogP contribution in [0.3, 0.4) is 0 Å². The minimum absolute atomic E-state index is 0.0388. The van der Waals surface area contributed by atoms with Gasteiger partial charge in [-0.1, -0.05) is 13.8 Å². The normalized spacial score (nSPS) is 13.1. The van der Waals surface area contributed by atoms with Crippen LogP contribution < -0.4 is 5.32 Å². The summed E-state index contributed by atoms with van der Waals surface area (Å²) in [6.45, 7) is 6.96. The zero-order valence-electron chi connectivity index (χ0n) is 9.42. The fourth-order valence-electron chi connectivity index (χ4n) is 1.39. The van der Waals surface area contributed by atoms with Crippen molar-refractivity contribution < 1.29 is 9.50 Å². The summed E-state index contributed by atoms with van der Waals surface area (Å²) in [6, 6.07) is 3.97. The second-order valence-electron chi connectivity index (χ2n) is 4.23. The highest BCUT2D eigenvalue weighted by Gasteiger charge is 2.11. The third-order valence-electron chi connectivity index (χ3n) is 2.29. The number of hydrogen-bond acceptors (Lipinski definition) is 2. The highest BCUT2D eigenvalue weighted by atomic mass is 19.1. The molecule has 84 valence electrons. The number of rotatable bonds is 4. The van der Waals surface area contributed by atoms with Crippen LogP contribution in [0.1, 0.15) is 32.4 Å². The lowest BCUT2D eigenvalue weighted by Crippen LogP contribution is -2.23. The number of phenolic OH excluding ortho intramolecular Hbond substituents is 1. The predicted octanol–water partition coefficient (Wildman–Crippen LogP) is 2.84. The van der Waals surface area contributed by atoms with Crippen LogP contribution in [0.5, 0.6) is 5.75 Å². The molecule has 0 fully saturated rings. The summed E-state index contributed by atoms with van der Waals surface area (Å²) < 4.78 is 13.0. The fraction of sp³-hybridized carbons (Fsp3) is 0.500. The van der Waals surface area contributed by atoms with E-state index >= 15 is 0 Å². The molecule has 0 spiro atoms. The largest absolute Gasteiger partial charge is 0.508 e. The van der Waals surface area contributed by atoms with Gasteiger partial charge in [0.25, 0.3) is 0 Å². The Balaban J connectivity index is 2.72. The summed E-state index contributed by atoms with van der Waals surface area (Å²) in [4.78, 5) is 0. The highest BCUT2D eigenvalue weighted by Crippen LogP contribution is 2.24. The Labute approximate surface area is 90.1 Å². The molecule has 1 aromatic rings. The number of hydrogen-bond donors (Lipinski definition) is 2. The smallest absolute Gasteiger partial charge is 0.123 e. The van der Waals surface area contributed by atoms with Gasteiger partial charge < -0.3 is 10.4 Å². The molecule has 0 radical (unpaired) electrons. The molecule has 1 unspecified atom stereocenters. The first-order valence-corrected chi connectivity index (χ1v) is 5.22. The molecule has 0 aliphatic heterocycles. The van der Waals surface area contributed by atoms with Crippen molar-refractivity contribution in [1.29, 1.82) is 0 Å². The molecule has 15 heavy (non-hydrogen) atoms. The molecule has 1 aromatic carbocycles. The SMILES string of the molecule is CC(C)CNC(C)c1cc(F)ccc1O. The molecular weight excluding hydrogens is 193 g/mol. The minimum atomic E-state index is -0.319. The Bertz CT molecular complexity index is 325. The maximum atomic E-state index is 13.0. The number of benzene rings is 1. The molecule has 1 rings (SSSR count). The number of aromatic hydroxyl groups is 1. The van der Waals surface area contributed by atoms with Gasteiger partial charge in [-0.05, 0) is 37.6 Å². The summed E-state index contributed by atoms with van der Waals surface area (Å²) in [7, 11) is 0. The summed E-state index contributed by atoms with van der Waals surface area (Å²) >= 11 is 0. The van der Waals surface area contributed by atoms with Gasteiger partial charge in [-0.2, -0.15) is 0 Å². The van der Waals surface area contributed by atoms with Crippen LogP contribution >= 0.6 is 0 Å². The van der Waals surface area contributed by atoms with Gasteiger partial charge in [0.15, 0.2) is 0 Å². The first-order valence-electron chi connectivity index (χ1n) is 5.22. The van der Waals surface area contributed by atoms with Crippen molar-refractivity contribution in [3.63, 3.8) is 0 Å². The van der Waals surface area contributed by atoms with Crippen molar-refractivity contribution in [2.45, 2.75) is 26.8 Å². The van der Waals surface area contributed by atoms with E-state index in [1.807, 2.05) is 6.92 Å². The van der Waals surface area contributed by atoms with Gasteiger partial charge >= 0.3 is 0 Å². The molecule has 1 atom stereocenters. The van der Waals surface area contributed by atoms with E-state index in [-0.39, 0.29) is 17.6 Å². The topological polar surface area (TPSA) is 32.3 Å². The fourth-order valence-corrected chi connectivity index (χ4v) is 1.39. The molecule has 2 nitrogen and oxygen atoms in total. The summed E-state index contributed by atoms with van der Waals surface area (Å²) in [5.41, 5.74) is 0.607. The minimum Gasteiger partial charge on any atom is -0.508 e. The Kier molecular flexibility index (Phi) is 4.09. The second kappa shape index (κ2) is 5.12. The molecule has 0 aliphatic carbocycles. The van der Waals surface area contributed by atoms with E-state index in [1.165, 1.54) is 18.2 Å². The van der Waals surface area contributed by atoms with Crippen LogP contribution in [-0.2, 0) is 0 Å². The lowest BCUT2D eigenvalue weighted by atomic mass is 10.1. The zero-order valence-corrected chi connectivity index (χ0v) is 9.42. The average molecular weight is 211 g/mol. The van der Waals surface area contributed by atoms with Gasteiger partial charge in [0.1, 0.15) is 11.6 Å². The monoisotopic (exact) mass is 211 g/mol. The molecule has 0 saturated carbocycles. The molecule has 2 N–H and O–H groups in total. The Morgan fingerprint density at radius 3 is 2.60 bits per heavy atom. The molecule has 0 bridgehead atoms. The Morgan fingerprint density at radius 1 is 1.33 bits per heavy atom. The van der Waals surface area contributed by atoms with Crippen LogP contribution in [0.25, 0.3) is 0 Å². The average Bonchev–Trinajstić information content (AvgIpc) is 2.18. The first kappa shape index (κ1) is 12.0. The summed E-state index contributed by atoms with van der Waals surface area (Å²) in [5.74, 6) is 0.351. The van der Waals surface area contributed by atoms with Gasteiger partial charge in [-0.15, -0.1) is 0 Å². The highest BCUT2D eigenvalue weighted by molar-refractivity contribution is 5.34. The van der Waals surface area contributed by atoms with E-state index in [4.69, 9.17) is 0 Å². The van der Waals surface area contributed by atoms with Gasteiger partial charge in [0, 0.05) is 11.6 Å². The molecule has 3 heteroatoms. The van der Waals surface area contributed by atoms with E-state index in [1.54, 1.807) is 0 Å². The van der Waals surface area contributed by atoms with E-state index in [9.17, 15) is 9.50 Å². The third-order valence-corrected chi connectivity index (χ3v) is 2.29. The second-order valence-corrected chi connectivity index (χ2v) is 4.23. The van der Waals surface area contributed by atoms with Crippen molar-refractivity contribution in [2.24, 2.45) is 5.92 Å². The van der Waals surface area contributed by atoms with Crippen molar-refractivity contribution in [3.8, 4) is 5.75 Å². The van der Waals surface area contributed by atoms with Gasteiger partial charge in [-0.3, -0.25) is 0 Å². The third kappa shape index (κ3) is 3.51. The Morgan fingerprint density at radius 2 is 2.00 bits per heavy atom. The molecule has 0 aliphatic rings. The van der Waals surface area contributed by atoms with Crippen LogP contribution in [0.15, 0.2) is 18.2 Å². The van der Waals surface area contributed by atoms with Gasteiger partial charge in [0.2, 0.25) is 0 Å². The number of halogens is 1. The predicted molar refractivity (Wildman–Crippen MR) is 59.3 cm³/mol. The van der Waals surface area contributed by atoms with Gasteiger partial charge in [-0.25, -0.2) is 4.39 Å². The van der Waals surface area contributed by atoms with Crippen molar-refractivity contribution in [2.75, 3.05) is 6.54 Å². The van der Waals surface area contributed by atoms with E-state index in [0.717, 1.165) is 6.54 Å². The maximum absolute atomic E-state index is 13.0. The number of nitrogens with one attached hydrogen (secondary N) is 1. The van der Waals surface area contributed by atoms with E-state index in [0.29, 0.717) is 11.5 Å². The van der Waals surface area contributed by atoms with Crippen LogP contribution in [0.2, 0.25) is 0 Å². The first-order chi connectivity index (χ1) is 7.00. The maximum Gasteiger partial charge on any atom is 0.123 e. The standard InChI is InChI=1S/C12H18FNO/c1-8(2)7-14-9(3)11-6-10(13)4-5-12(11)15/h4-6,8-9,14-15H,7H2,1-3H3.